The Labute approximate surface area is 338 Å². The Kier molecular flexibility index (Phi) is 12.0. The summed E-state index contributed by atoms with van der Waals surface area (Å²) in [5, 5.41) is 35.2. The molecule has 0 unspecified atom stereocenters. The predicted octanol–water partition coefficient (Wildman–Crippen LogP) is 5.32. The van der Waals surface area contributed by atoms with Crippen LogP contribution < -0.4 is 11.5 Å². The van der Waals surface area contributed by atoms with Crippen LogP contribution in [-0.2, 0) is 50.6 Å². The Morgan fingerprint density at radius 3 is 1.32 bits per heavy atom. The number of nitrogens with zero attached hydrogens (tertiary/aromatic N) is 4. The van der Waals surface area contributed by atoms with Crippen LogP contribution in [0.2, 0.25) is 0 Å². The third-order valence-electron chi connectivity index (χ3n) is 7.88. The number of benzene rings is 6. The molecule has 11 N–H and O–H groups in total. The van der Waals surface area contributed by atoms with Gasteiger partial charge in [-0.15, -0.1) is 20.5 Å². The van der Waals surface area contributed by atoms with Crippen LogP contribution in [0.4, 0.5) is 34.1 Å². The number of azo groups is 2. The average molecular weight is 927 g/mol. The van der Waals surface area contributed by atoms with E-state index in [4.69, 9.17) is 11.5 Å². The fourth-order valence-electron chi connectivity index (χ4n) is 5.32. The van der Waals surface area contributed by atoms with Crippen LogP contribution in [-0.4, -0.2) is 75.1 Å². The summed E-state index contributed by atoms with van der Waals surface area (Å²) in [7, 11) is -24.0. The van der Waals surface area contributed by atoms with Gasteiger partial charge in [0.05, 0.1) is 4.90 Å². The molecule has 0 heterocycles. The van der Waals surface area contributed by atoms with E-state index in [0.717, 1.165) is 42.5 Å². The molecular weight excluding hydrogens is 901 g/mol. The van der Waals surface area contributed by atoms with Crippen LogP contribution in [0.25, 0.3) is 21.5 Å². The lowest BCUT2D eigenvalue weighted by atomic mass is 10.1. The minimum absolute atomic E-state index is 0.179. The Balaban J connectivity index is 0.000000230. The van der Waals surface area contributed by atoms with Crippen molar-refractivity contribution in [3.63, 3.8) is 0 Å². The van der Waals surface area contributed by atoms with Crippen LogP contribution >= 0.6 is 0 Å². The number of phenolic OH excluding ortho intramolecular Hbond substituents is 2. The van der Waals surface area contributed by atoms with Gasteiger partial charge in [0.15, 0.2) is 11.5 Å². The molecule has 316 valence electrons. The number of phenols is 2. The molecule has 6 aromatic carbocycles. The van der Waals surface area contributed by atoms with E-state index in [1.165, 1.54) is 48.5 Å². The summed E-state index contributed by atoms with van der Waals surface area (Å²) in [6.45, 7) is 0. The number of anilines is 2. The summed E-state index contributed by atoms with van der Waals surface area (Å²) in [6.07, 6.45) is 0. The molecule has 0 saturated carbocycles. The molecule has 0 fully saturated rings. The zero-order valence-corrected chi connectivity index (χ0v) is 33.4. The van der Waals surface area contributed by atoms with Gasteiger partial charge in [-0.1, -0.05) is 24.3 Å². The second-order valence-electron chi connectivity index (χ2n) is 11.9. The smallest absolute Gasteiger partial charge is 0.296 e. The number of aromatic hydroxyl groups is 2. The molecule has 0 aromatic heterocycles. The number of nitrogens with two attached hydrogens (primary N) is 2. The van der Waals surface area contributed by atoms with Gasteiger partial charge in [0.2, 0.25) is 0 Å². The maximum atomic E-state index is 11.9. The molecule has 0 atom stereocenters. The van der Waals surface area contributed by atoms with Crippen LogP contribution in [0.3, 0.4) is 0 Å². The lowest BCUT2D eigenvalue weighted by Gasteiger charge is -2.12. The highest BCUT2D eigenvalue weighted by Crippen LogP contribution is 2.45. The molecule has 60 heavy (non-hydrogen) atoms. The lowest BCUT2D eigenvalue weighted by molar-refractivity contribution is 0.471. The van der Waals surface area contributed by atoms with E-state index >= 15 is 0 Å². The van der Waals surface area contributed by atoms with Gasteiger partial charge in [-0.05, 0) is 77.5 Å². The number of fused-ring (bicyclic) bond motifs is 2. The molecule has 0 amide bonds. The fourth-order valence-corrected chi connectivity index (χ4v) is 8.43. The molecule has 0 aliphatic heterocycles. The Bertz CT molecular complexity index is 3400. The Morgan fingerprint density at radius 2 is 0.867 bits per heavy atom. The maximum absolute atomic E-state index is 11.9. The van der Waals surface area contributed by atoms with Gasteiger partial charge < -0.3 is 21.7 Å². The van der Waals surface area contributed by atoms with E-state index in [-0.39, 0.29) is 27.2 Å². The molecule has 28 heteroatoms. The number of nitrogen functional groups attached to an aromatic ring is 2. The van der Waals surface area contributed by atoms with E-state index in [2.05, 4.69) is 20.5 Å². The maximum Gasteiger partial charge on any atom is 0.296 e. The zero-order valence-electron chi connectivity index (χ0n) is 29.4. The standard InChI is InChI=1S/C16H13N3O10S3.C16H13N3O7S2/c17-10-7-9(30(21,22)23)5-8-6-13(32(27,28)29)15(16(20)14(8)10)19-18-11-3-1-2-4-12(11)31(24,25)26;17-10-5-6-11-9(7-10)8-14(28(24,25)26)15(16(11)20)19-18-12-3-1-2-4-13(12)27(21,22)23/h1-7,20H,17H2,(H,21,22,23)(H,24,25,26)(H,27,28,29);1-8,20H,17H2,(H,21,22,23)(H,24,25,26). The molecule has 0 aliphatic carbocycles. The molecular formula is C32H26N6O17S5. The van der Waals surface area contributed by atoms with E-state index in [9.17, 15) is 75.1 Å². The zero-order chi connectivity index (χ0) is 44.7. The predicted molar refractivity (Wildman–Crippen MR) is 210 cm³/mol. The fraction of sp³-hybridized carbons (Fsp3) is 0. The van der Waals surface area contributed by atoms with Crippen molar-refractivity contribution >= 4 is 106 Å². The largest absolute Gasteiger partial charge is 0.505 e. The summed E-state index contributed by atoms with van der Waals surface area (Å²) in [5.41, 5.74) is 9.10. The molecule has 0 bridgehead atoms. The van der Waals surface area contributed by atoms with E-state index in [0.29, 0.717) is 5.69 Å². The first kappa shape index (κ1) is 44.9. The van der Waals surface area contributed by atoms with Crippen molar-refractivity contribution in [1.29, 1.82) is 0 Å². The molecule has 0 spiro atoms. The van der Waals surface area contributed by atoms with E-state index in [1.54, 1.807) is 0 Å². The highest BCUT2D eigenvalue weighted by Gasteiger charge is 2.26. The second-order valence-corrected chi connectivity index (χ2v) is 18.9. The van der Waals surface area contributed by atoms with Crippen molar-refractivity contribution in [3.8, 4) is 11.5 Å². The van der Waals surface area contributed by atoms with Gasteiger partial charge in [-0.2, -0.15) is 42.1 Å². The van der Waals surface area contributed by atoms with Gasteiger partial charge in [0.1, 0.15) is 42.3 Å². The first-order chi connectivity index (χ1) is 27.6. The van der Waals surface area contributed by atoms with E-state index < -0.39 is 109 Å². The van der Waals surface area contributed by atoms with Crippen LogP contribution in [0.5, 0.6) is 11.5 Å². The topological polar surface area (TPSA) is 414 Å². The first-order valence-corrected chi connectivity index (χ1v) is 22.8. The molecule has 0 aliphatic rings. The number of hydrogen-bond donors (Lipinski definition) is 9. The van der Waals surface area contributed by atoms with Crippen molar-refractivity contribution in [1.82, 2.24) is 0 Å². The second kappa shape index (κ2) is 16.1. The quantitative estimate of drug-likeness (QED) is 0.0503. The SMILES string of the molecule is Nc1cc(S(=O)(=O)O)cc2cc(S(=O)(=O)O)c(N=Nc3ccccc3S(=O)(=O)O)c(O)c12.Nc1ccc2c(O)c(N=Nc3ccccc3S(=O)(=O)O)c(S(=O)(=O)O)cc2c1. The average Bonchev–Trinajstić information content (AvgIpc) is 3.12. The van der Waals surface area contributed by atoms with Gasteiger partial charge in [0, 0.05) is 22.1 Å². The first-order valence-electron chi connectivity index (χ1n) is 15.6. The molecule has 0 saturated heterocycles. The third kappa shape index (κ3) is 9.79. The monoisotopic (exact) mass is 926 g/mol. The summed E-state index contributed by atoms with van der Waals surface area (Å²) >= 11 is 0. The molecule has 6 rings (SSSR count). The molecule has 23 nitrogen and oxygen atoms in total. The van der Waals surface area contributed by atoms with Crippen molar-refractivity contribution in [2.75, 3.05) is 11.5 Å². The van der Waals surface area contributed by atoms with Crippen molar-refractivity contribution in [2.45, 2.75) is 24.5 Å². The summed E-state index contributed by atoms with van der Waals surface area (Å²) in [6, 6.07) is 17.3. The normalized spacial score (nSPS) is 12.9. The van der Waals surface area contributed by atoms with Gasteiger partial charge >= 0.3 is 0 Å². The lowest BCUT2D eigenvalue weighted by Crippen LogP contribution is -2.02. The van der Waals surface area contributed by atoms with Gasteiger partial charge in [-0.3, -0.25) is 22.8 Å². The van der Waals surface area contributed by atoms with Gasteiger partial charge in [0.25, 0.3) is 50.6 Å². The van der Waals surface area contributed by atoms with Gasteiger partial charge in [-0.25, -0.2) is 0 Å². The van der Waals surface area contributed by atoms with Crippen molar-refractivity contribution in [3.05, 3.63) is 91.0 Å². The molecule has 6 aromatic rings. The Morgan fingerprint density at radius 1 is 0.433 bits per heavy atom. The van der Waals surface area contributed by atoms with Crippen molar-refractivity contribution < 1.29 is 75.1 Å². The summed E-state index contributed by atoms with van der Waals surface area (Å²) < 4.78 is 163. The highest BCUT2D eigenvalue weighted by atomic mass is 32.2. The number of rotatable bonds is 9. The highest BCUT2D eigenvalue weighted by molar-refractivity contribution is 7.87. The third-order valence-corrected chi connectivity index (χ3v) is 12.3. The molecule has 0 radical (unpaired) electrons. The summed E-state index contributed by atoms with van der Waals surface area (Å²) in [4.78, 5) is -3.73. The van der Waals surface area contributed by atoms with Crippen LogP contribution in [0, 0.1) is 0 Å². The van der Waals surface area contributed by atoms with Crippen molar-refractivity contribution in [2.24, 2.45) is 20.5 Å². The van der Waals surface area contributed by atoms with Crippen LogP contribution in [0.1, 0.15) is 0 Å². The minimum atomic E-state index is -5.09. The van der Waals surface area contributed by atoms with Crippen LogP contribution in [0.15, 0.2) is 136 Å². The van der Waals surface area contributed by atoms with E-state index in [1.807, 2.05) is 0 Å². The Hall–Kier alpha value is -6.21. The minimum Gasteiger partial charge on any atom is -0.505 e. The summed E-state index contributed by atoms with van der Waals surface area (Å²) in [5.74, 6) is -1.55. The number of hydrogen-bond acceptors (Lipinski definition) is 18.